The van der Waals surface area contributed by atoms with Crippen molar-refractivity contribution in [2.45, 2.75) is 70.7 Å². The van der Waals surface area contributed by atoms with Crippen molar-refractivity contribution < 1.29 is 22.7 Å². The minimum atomic E-state index is -3.58. The van der Waals surface area contributed by atoms with E-state index in [1.54, 1.807) is 32.0 Å². The molecule has 1 fully saturated rings. The number of ether oxygens (including phenoxy) is 1. The normalized spacial score (nSPS) is 20.8. The highest BCUT2D eigenvalue weighted by Crippen LogP contribution is 2.29. The molecule has 35 heavy (non-hydrogen) atoms. The van der Waals surface area contributed by atoms with Crippen LogP contribution in [0, 0.1) is 11.8 Å². The lowest BCUT2D eigenvalue weighted by Gasteiger charge is -2.34. The summed E-state index contributed by atoms with van der Waals surface area (Å²) in [6.45, 7) is 8.46. The summed E-state index contributed by atoms with van der Waals surface area (Å²) in [6, 6.07) is 5.02. The molecule has 0 spiro atoms. The number of hydrogen-bond donors (Lipinski definition) is 1. The van der Waals surface area contributed by atoms with E-state index in [1.807, 2.05) is 11.6 Å². The highest BCUT2D eigenvalue weighted by Gasteiger charge is 2.28. The zero-order valence-corrected chi connectivity index (χ0v) is 22.2. The van der Waals surface area contributed by atoms with E-state index in [1.165, 1.54) is 10.7 Å². The third-order valence-corrected chi connectivity index (χ3v) is 9.30. The Kier molecular flexibility index (Phi) is 8.93. The van der Waals surface area contributed by atoms with Crippen LogP contribution in [0.1, 0.15) is 59.2 Å². The van der Waals surface area contributed by atoms with Crippen LogP contribution in [0.25, 0.3) is 11.0 Å². The molecule has 0 aliphatic heterocycles. The monoisotopic (exact) mass is 506 g/mol. The Balaban J connectivity index is 1.57. The summed E-state index contributed by atoms with van der Waals surface area (Å²) in [4.78, 5) is 29.3. The molecular weight excluding hydrogens is 468 g/mol. The first-order valence-corrected chi connectivity index (χ1v) is 13.9. The van der Waals surface area contributed by atoms with Crippen molar-refractivity contribution in [3.63, 3.8) is 0 Å². The molecule has 10 heteroatoms. The highest BCUT2D eigenvalue weighted by molar-refractivity contribution is 7.89. The van der Waals surface area contributed by atoms with Crippen LogP contribution in [-0.2, 0) is 37.8 Å². The van der Waals surface area contributed by atoms with Crippen molar-refractivity contribution in [1.29, 1.82) is 0 Å². The quantitative estimate of drug-likeness (QED) is 0.496. The third kappa shape index (κ3) is 6.22. The van der Waals surface area contributed by atoms with Gasteiger partial charge in [0.25, 0.3) is 5.91 Å². The second-order valence-corrected chi connectivity index (χ2v) is 11.4. The zero-order valence-electron chi connectivity index (χ0n) is 21.4. The molecule has 0 radical (unpaired) electrons. The predicted molar refractivity (Wildman–Crippen MR) is 134 cm³/mol. The lowest BCUT2D eigenvalue weighted by atomic mass is 9.78. The number of aromatic nitrogens is 2. The van der Waals surface area contributed by atoms with Gasteiger partial charge in [-0.2, -0.15) is 4.31 Å². The molecule has 1 aliphatic carbocycles. The van der Waals surface area contributed by atoms with Gasteiger partial charge in [0.1, 0.15) is 5.82 Å². The Hall–Kier alpha value is -2.46. The van der Waals surface area contributed by atoms with Crippen LogP contribution in [0.5, 0.6) is 0 Å². The first-order valence-electron chi connectivity index (χ1n) is 12.5. The molecule has 9 nitrogen and oxygen atoms in total. The fourth-order valence-corrected chi connectivity index (χ4v) is 6.27. The maximum atomic E-state index is 12.8. The smallest absolute Gasteiger partial charge is 0.306 e. The van der Waals surface area contributed by atoms with E-state index in [-0.39, 0.29) is 29.9 Å². The number of rotatable bonds is 10. The zero-order chi connectivity index (χ0) is 25.8. The number of aryl methyl sites for hydroxylation is 2. The van der Waals surface area contributed by atoms with Gasteiger partial charge in [0.2, 0.25) is 10.0 Å². The molecule has 0 saturated heterocycles. The number of imidazole rings is 1. The Morgan fingerprint density at radius 3 is 2.60 bits per heavy atom. The lowest BCUT2D eigenvalue weighted by molar-refractivity contribution is -0.148. The molecule has 3 rings (SSSR count). The summed E-state index contributed by atoms with van der Waals surface area (Å²) >= 11 is 0. The molecule has 1 aromatic heterocycles. The van der Waals surface area contributed by atoms with Crippen molar-refractivity contribution in [1.82, 2.24) is 19.2 Å². The standard InChI is InChI=1S/C25H38N4O5S/c1-6-29(7-2)35(32,33)19-11-12-22-21(15-19)26-23(28(22)5)13-14-25(31)34-16-24(30)27-20-10-8-9-17(3)18(20)4/h11-12,15,17-18,20H,6-10,13-14,16H2,1-5H3,(H,27,30)/t17-,18+,20+/m0/s1. The van der Waals surface area contributed by atoms with Gasteiger partial charge in [-0.15, -0.1) is 0 Å². The molecular formula is C25H38N4O5S. The summed E-state index contributed by atoms with van der Waals surface area (Å²) in [5, 5.41) is 3.00. The minimum Gasteiger partial charge on any atom is -0.456 e. The number of esters is 1. The summed E-state index contributed by atoms with van der Waals surface area (Å²) in [5.74, 6) is 0.877. The van der Waals surface area contributed by atoms with E-state index < -0.39 is 16.0 Å². The number of carbonyl (C=O) groups excluding carboxylic acids is 2. The van der Waals surface area contributed by atoms with Gasteiger partial charge in [-0.1, -0.05) is 40.5 Å². The van der Waals surface area contributed by atoms with Gasteiger partial charge < -0.3 is 14.6 Å². The number of sulfonamides is 1. The van der Waals surface area contributed by atoms with Gasteiger partial charge in [-0.25, -0.2) is 13.4 Å². The summed E-state index contributed by atoms with van der Waals surface area (Å²) in [6.07, 6.45) is 3.62. The van der Waals surface area contributed by atoms with E-state index in [9.17, 15) is 18.0 Å². The fourth-order valence-electron chi connectivity index (χ4n) is 4.79. The van der Waals surface area contributed by atoms with Crippen LogP contribution in [0.2, 0.25) is 0 Å². The molecule has 0 bridgehead atoms. The molecule has 1 amide bonds. The van der Waals surface area contributed by atoms with Gasteiger partial charge in [0, 0.05) is 32.6 Å². The van der Waals surface area contributed by atoms with Crippen molar-refractivity contribution in [3.05, 3.63) is 24.0 Å². The first kappa shape index (κ1) is 27.1. The summed E-state index contributed by atoms with van der Waals surface area (Å²) in [7, 11) is -1.76. The summed E-state index contributed by atoms with van der Waals surface area (Å²) < 4.78 is 34.1. The van der Waals surface area contributed by atoms with Crippen LogP contribution in [0.15, 0.2) is 23.1 Å². The Morgan fingerprint density at radius 1 is 1.20 bits per heavy atom. The van der Waals surface area contributed by atoms with Gasteiger partial charge in [-0.3, -0.25) is 9.59 Å². The SMILES string of the molecule is CCN(CC)S(=O)(=O)c1ccc2c(c1)nc(CCC(=O)OCC(=O)N[C@@H]1CCC[C@H](C)[C@H]1C)n2C. The molecule has 1 aliphatic rings. The average molecular weight is 507 g/mol. The van der Waals surface area contributed by atoms with Gasteiger partial charge >= 0.3 is 5.97 Å². The Labute approximate surface area is 208 Å². The van der Waals surface area contributed by atoms with E-state index in [0.29, 0.717) is 42.7 Å². The molecule has 1 N–H and O–H groups in total. The molecule has 194 valence electrons. The van der Waals surface area contributed by atoms with E-state index >= 15 is 0 Å². The maximum Gasteiger partial charge on any atom is 0.306 e. The van der Waals surface area contributed by atoms with Crippen molar-refractivity contribution in [2.24, 2.45) is 18.9 Å². The van der Waals surface area contributed by atoms with E-state index in [2.05, 4.69) is 24.1 Å². The van der Waals surface area contributed by atoms with Crippen molar-refractivity contribution >= 4 is 32.9 Å². The molecule has 2 aromatic rings. The van der Waals surface area contributed by atoms with Crippen LogP contribution in [-0.4, -0.2) is 59.9 Å². The van der Waals surface area contributed by atoms with Gasteiger partial charge in [0.15, 0.2) is 6.61 Å². The molecule has 0 unspecified atom stereocenters. The van der Waals surface area contributed by atoms with Crippen LogP contribution in [0.4, 0.5) is 0 Å². The first-order chi connectivity index (χ1) is 16.6. The molecule has 1 saturated carbocycles. The predicted octanol–water partition coefficient (Wildman–Crippen LogP) is 3.02. The third-order valence-electron chi connectivity index (χ3n) is 7.26. The Morgan fingerprint density at radius 2 is 1.91 bits per heavy atom. The number of fused-ring (bicyclic) bond motifs is 1. The number of nitrogens with zero attached hydrogens (tertiary/aromatic N) is 3. The minimum absolute atomic E-state index is 0.0753. The fraction of sp³-hybridized carbons (Fsp3) is 0.640. The topological polar surface area (TPSA) is 111 Å². The number of carbonyl (C=O) groups is 2. The second-order valence-electron chi connectivity index (χ2n) is 9.43. The molecule has 1 aromatic carbocycles. The maximum absolute atomic E-state index is 12.8. The number of benzene rings is 1. The van der Waals surface area contributed by atoms with Gasteiger partial charge in [0.05, 0.1) is 22.3 Å². The second kappa shape index (κ2) is 11.5. The highest BCUT2D eigenvalue weighted by atomic mass is 32.2. The van der Waals surface area contributed by atoms with Crippen molar-refractivity contribution in [2.75, 3.05) is 19.7 Å². The van der Waals surface area contributed by atoms with Crippen LogP contribution >= 0.6 is 0 Å². The number of nitrogens with one attached hydrogen (secondary N) is 1. The van der Waals surface area contributed by atoms with Crippen molar-refractivity contribution in [3.8, 4) is 0 Å². The molecule has 3 atom stereocenters. The average Bonchev–Trinajstić information content (AvgIpc) is 3.14. The van der Waals surface area contributed by atoms with Crippen LogP contribution < -0.4 is 5.32 Å². The number of hydrogen-bond acceptors (Lipinski definition) is 6. The van der Waals surface area contributed by atoms with E-state index in [4.69, 9.17) is 4.74 Å². The lowest BCUT2D eigenvalue weighted by Crippen LogP contribution is -2.45. The molecule has 1 heterocycles. The summed E-state index contributed by atoms with van der Waals surface area (Å²) in [5.41, 5.74) is 1.33. The largest absolute Gasteiger partial charge is 0.456 e. The number of amides is 1. The Bertz CT molecular complexity index is 1160. The van der Waals surface area contributed by atoms with Gasteiger partial charge in [-0.05, 0) is 36.5 Å². The van der Waals surface area contributed by atoms with Crippen LogP contribution in [0.3, 0.4) is 0 Å². The van der Waals surface area contributed by atoms with E-state index in [0.717, 1.165) is 18.4 Å².